The third kappa shape index (κ3) is 3.98. The number of hydrogen-bond acceptors (Lipinski definition) is 2. The summed E-state index contributed by atoms with van der Waals surface area (Å²) < 4.78 is 18.4. The molecule has 0 fully saturated rings. The van der Waals surface area contributed by atoms with Gasteiger partial charge in [-0.3, -0.25) is 4.79 Å². The van der Waals surface area contributed by atoms with Gasteiger partial charge in [-0.05, 0) is 55.8 Å². The number of rotatable bonds is 5. The average Bonchev–Trinajstić information content (AvgIpc) is 2.48. The minimum atomic E-state index is -0.404. The Morgan fingerprint density at radius 1 is 1.27 bits per heavy atom. The monoisotopic (exact) mass is 321 g/mol. The van der Waals surface area contributed by atoms with Crippen molar-refractivity contribution < 1.29 is 13.9 Å². The zero-order valence-corrected chi connectivity index (χ0v) is 13.2. The first-order valence-corrected chi connectivity index (χ1v) is 7.37. The molecule has 0 spiro atoms. The van der Waals surface area contributed by atoms with Crippen molar-refractivity contribution in [3.63, 3.8) is 0 Å². The lowest BCUT2D eigenvalue weighted by Gasteiger charge is -2.16. The van der Waals surface area contributed by atoms with Gasteiger partial charge in [0.05, 0.1) is 12.6 Å². The molecule has 2 aromatic carbocycles. The summed E-state index contributed by atoms with van der Waals surface area (Å²) in [6, 6.07) is 10.7. The molecule has 3 nitrogen and oxygen atoms in total. The van der Waals surface area contributed by atoms with Crippen LogP contribution in [0.25, 0.3) is 0 Å². The van der Waals surface area contributed by atoms with E-state index in [2.05, 4.69) is 5.32 Å². The van der Waals surface area contributed by atoms with Crippen molar-refractivity contribution in [3.8, 4) is 5.75 Å². The maximum atomic E-state index is 13.1. The fraction of sp³-hybridized carbons (Fsp3) is 0.235. The maximum Gasteiger partial charge on any atom is 0.251 e. The molecule has 0 bridgehead atoms. The average molecular weight is 322 g/mol. The Kier molecular flexibility index (Phi) is 5.39. The van der Waals surface area contributed by atoms with Crippen molar-refractivity contribution in [1.29, 1.82) is 0 Å². The Hall–Kier alpha value is -2.07. The Morgan fingerprint density at radius 3 is 2.55 bits per heavy atom. The van der Waals surface area contributed by atoms with Crippen LogP contribution in [0.5, 0.6) is 5.75 Å². The van der Waals surface area contributed by atoms with Crippen LogP contribution in [-0.4, -0.2) is 12.5 Å². The van der Waals surface area contributed by atoms with Crippen molar-refractivity contribution >= 4 is 17.5 Å². The Morgan fingerprint density at radius 2 is 1.95 bits per heavy atom. The molecule has 0 aromatic heterocycles. The van der Waals surface area contributed by atoms with E-state index in [0.29, 0.717) is 28.5 Å². The number of ether oxygens (including phenoxy) is 1. The highest BCUT2D eigenvalue weighted by molar-refractivity contribution is 6.31. The van der Waals surface area contributed by atoms with Crippen molar-refractivity contribution in [3.05, 3.63) is 64.4 Å². The smallest absolute Gasteiger partial charge is 0.251 e. The largest absolute Gasteiger partial charge is 0.494 e. The number of halogens is 2. The number of amides is 1. The van der Waals surface area contributed by atoms with E-state index in [4.69, 9.17) is 16.3 Å². The van der Waals surface area contributed by atoms with Crippen molar-refractivity contribution in [2.24, 2.45) is 0 Å². The van der Waals surface area contributed by atoms with E-state index in [-0.39, 0.29) is 11.9 Å². The van der Waals surface area contributed by atoms with Crippen LogP contribution in [0.15, 0.2) is 42.5 Å². The molecule has 0 saturated heterocycles. The summed E-state index contributed by atoms with van der Waals surface area (Å²) in [5.41, 5.74) is 1.19. The summed E-state index contributed by atoms with van der Waals surface area (Å²) in [7, 11) is 0. The summed E-state index contributed by atoms with van der Waals surface area (Å²) in [5, 5.41) is 3.13. The number of nitrogens with one attached hydrogen (secondary N) is 1. The van der Waals surface area contributed by atoms with Crippen molar-refractivity contribution in [2.75, 3.05) is 6.61 Å². The topological polar surface area (TPSA) is 38.3 Å². The maximum absolute atomic E-state index is 13.1. The van der Waals surface area contributed by atoms with Crippen LogP contribution in [0.3, 0.4) is 0 Å². The molecule has 2 aromatic rings. The molecule has 1 amide bonds. The minimum Gasteiger partial charge on any atom is -0.494 e. The third-order valence-corrected chi connectivity index (χ3v) is 3.53. The molecule has 116 valence electrons. The van der Waals surface area contributed by atoms with E-state index in [1.807, 2.05) is 6.92 Å². The molecule has 0 saturated carbocycles. The van der Waals surface area contributed by atoms with Gasteiger partial charge in [-0.25, -0.2) is 4.39 Å². The lowest BCUT2D eigenvalue weighted by Crippen LogP contribution is -2.26. The van der Waals surface area contributed by atoms with Gasteiger partial charge >= 0.3 is 0 Å². The van der Waals surface area contributed by atoms with Crippen molar-refractivity contribution in [2.45, 2.75) is 19.9 Å². The summed E-state index contributed by atoms with van der Waals surface area (Å²) >= 11 is 6.00. The normalized spacial score (nSPS) is 11.8. The van der Waals surface area contributed by atoms with E-state index in [1.54, 1.807) is 37.3 Å². The van der Waals surface area contributed by atoms with Gasteiger partial charge in [0, 0.05) is 10.6 Å². The fourth-order valence-electron chi connectivity index (χ4n) is 2.08. The molecule has 1 atom stereocenters. The first-order chi connectivity index (χ1) is 10.5. The standard InChI is InChI=1S/C17H17ClFNO2/c1-3-22-14-7-4-12(5-8-14)17(21)20-11(2)15-9-6-13(19)10-16(15)18/h4-11H,3H2,1-2H3,(H,20,21). The number of benzene rings is 2. The highest BCUT2D eigenvalue weighted by atomic mass is 35.5. The molecule has 22 heavy (non-hydrogen) atoms. The molecule has 0 aliphatic carbocycles. The van der Waals surface area contributed by atoms with E-state index < -0.39 is 5.82 Å². The fourth-order valence-corrected chi connectivity index (χ4v) is 2.41. The van der Waals surface area contributed by atoms with Crippen LogP contribution >= 0.6 is 11.6 Å². The molecule has 5 heteroatoms. The van der Waals surface area contributed by atoms with Gasteiger partial charge in [0.25, 0.3) is 5.91 Å². The first-order valence-electron chi connectivity index (χ1n) is 7.00. The Balaban J connectivity index is 2.07. The lowest BCUT2D eigenvalue weighted by molar-refractivity contribution is 0.0940. The number of carbonyl (C=O) groups is 1. The zero-order chi connectivity index (χ0) is 16.1. The Labute approximate surface area is 134 Å². The lowest BCUT2D eigenvalue weighted by atomic mass is 10.1. The molecular weight excluding hydrogens is 305 g/mol. The van der Waals surface area contributed by atoms with Gasteiger partial charge in [0.2, 0.25) is 0 Å². The second-order valence-corrected chi connectivity index (χ2v) is 5.23. The molecule has 0 aliphatic rings. The van der Waals surface area contributed by atoms with E-state index in [0.717, 1.165) is 0 Å². The van der Waals surface area contributed by atoms with Gasteiger partial charge in [-0.15, -0.1) is 0 Å². The summed E-state index contributed by atoms with van der Waals surface area (Å²) in [4.78, 5) is 12.2. The second-order valence-electron chi connectivity index (χ2n) is 4.82. The van der Waals surface area contributed by atoms with E-state index in [9.17, 15) is 9.18 Å². The zero-order valence-electron chi connectivity index (χ0n) is 12.4. The molecule has 1 N–H and O–H groups in total. The third-order valence-electron chi connectivity index (χ3n) is 3.20. The van der Waals surface area contributed by atoms with Crippen LogP contribution in [-0.2, 0) is 0 Å². The van der Waals surface area contributed by atoms with Crippen molar-refractivity contribution in [1.82, 2.24) is 5.32 Å². The predicted molar refractivity (Wildman–Crippen MR) is 84.9 cm³/mol. The highest BCUT2D eigenvalue weighted by Gasteiger charge is 2.14. The molecule has 0 aliphatic heterocycles. The van der Waals surface area contributed by atoms with Crippen LogP contribution in [0.2, 0.25) is 5.02 Å². The van der Waals surface area contributed by atoms with E-state index >= 15 is 0 Å². The van der Waals surface area contributed by atoms with E-state index in [1.165, 1.54) is 12.1 Å². The van der Waals surface area contributed by atoms with Crippen LogP contribution in [0.4, 0.5) is 4.39 Å². The SMILES string of the molecule is CCOc1ccc(C(=O)NC(C)c2ccc(F)cc2Cl)cc1. The molecule has 1 unspecified atom stereocenters. The predicted octanol–water partition coefficient (Wildman–Crippen LogP) is 4.37. The van der Waals surface area contributed by atoms with Crippen LogP contribution < -0.4 is 10.1 Å². The van der Waals surface area contributed by atoms with Gasteiger partial charge in [-0.1, -0.05) is 17.7 Å². The Bertz CT molecular complexity index is 658. The molecule has 2 rings (SSSR count). The van der Waals surface area contributed by atoms with Gasteiger partial charge in [-0.2, -0.15) is 0 Å². The second kappa shape index (κ2) is 7.27. The number of hydrogen-bond donors (Lipinski definition) is 1. The molecular formula is C17H17ClFNO2. The molecule has 0 heterocycles. The van der Waals surface area contributed by atoms with Crippen LogP contribution in [0, 0.1) is 5.82 Å². The van der Waals surface area contributed by atoms with Gasteiger partial charge < -0.3 is 10.1 Å². The summed E-state index contributed by atoms with van der Waals surface area (Å²) in [5.74, 6) is 0.0865. The molecule has 0 radical (unpaired) electrons. The highest BCUT2D eigenvalue weighted by Crippen LogP contribution is 2.24. The summed E-state index contributed by atoms with van der Waals surface area (Å²) in [6.45, 7) is 4.27. The van der Waals surface area contributed by atoms with Gasteiger partial charge in [0.1, 0.15) is 11.6 Å². The van der Waals surface area contributed by atoms with Gasteiger partial charge in [0.15, 0.2) is 0 Å². The van der Waals surface area contributed by atoms with Crippen LogP contribution in [0.1, 0.15) is 35.8 Å². The summed E-state index contributed by atoms with van der Waals surface area (Å²) in [6.07, 6.45) is 0. The minimum absolute atomic E-state index is 0.226. The number of carbonyl (C=O) groups excluding carboxylic acids is 1. The quantitative estimate of drug-likeness (QED) is 0.888. The first kappa shape index (κ1) is 16.3.